The first kappa shape index (κ1) is 19.7. The zero-order valence-electron chi connectivity index (χ0n) is 16.5. The van der Waals surface area contributed by atoms with E-state index in [1.807, 2.05) is 13.8 Å². The minimum absolute atomic E-state index is 0.0355. The Bertz CT molecular complexity index is 1020. The van der Waals surface area contributed by atoms with Gasteiger partial charge < -0.3 is 19.3 Å². The number of imidazole rings is 1. The average molecular weight is 388 g/mol. The Morgan fingerprint density at radius 1 is 1.14 bits per heavy atom. The number of aromatic nitrogens is 4. The lowest BCUT2D eigenvalue weighted by atomic mass is 10.1. The molecule has 0 aliphatic rings. The van der Waals surface area contributed by atoms with Gasteiger partial charge in [0.2, 0.25) is 5.75 Å². The molecule has 0 bridgehead atoms. The van der Waals surface area contributed by atoms with Crippen molar-refractivity contribution >= 4 is 11.3 Å². The topological polar surface area (TPSA) is 111 Å². The lowest BCUT2D eigenvalue weighted by Crippen LogP contribution is -2.28. The molecule has 0 saturated carbocycles. The summed E-state index contributed by atoms with van der Waals surface area (Å²) in [5, 5.41) is 9.76. The number of methoxy groups -OCH3 is 3. The summed E-state index contributed by atoms with van der Waals surface area (Å²) in [6, 6.07) is 3.11. The number of aliphatic hydroxyl groups excluding tert-OH is 1. The van der Waals surface area contributed by atoms with Crippen LogP contribution in [-0.4, -0.2) is 52.6 Å². The van der Waals surface area contributed by atoms with E-state index in [1.165, 1.54) is 25.9 Å². The van der Waals surface area contributed by atoms with E-state index in [4.69, 9.17) is 14.2 Å². The van der Waals surface area contributed by atoms with Crippen LogP contribution in [0.5, 0.6) is 17.2 Å². The minimum Gasteiger partial charge on any atom is -0.493 e. The molecule has 150 valence electrons. The van der Waals surface area contributed by atoms with Crippen molar-refractivity contribution in [2.45, 2.75) is 19.9 Å². The molecule has 2 heterocycles. The molecule has 2 N–H and O–H groups in total. The Hall–Kier alpha value is -3.07. The van der Waals surface area contributed by atoms with E-state index < -0.39 is 6.04 Å². The van der Waals surface area contributed by atoms with Crippen molar-refractivity contribution in [3.05, 3.63) is 28.8 Å². The molecule has 9 nitrogen and oxygen atoms in total. The van der Waals surface area contributed by atoms with Gasteiger partial charge >= 0.3 is 5.69 Å². The molecule has 0 amide bonds. The summed E-state index contributed by atoms with van der Waals surface area (Å²) in [7, 11) is 4.61. The lowest BCUT2D eigenvalue weighted by Gasteiger charge is -2.19. The van der Waals surface area contributed by atoms with Gasteiger partial charge in [-0.3, -0.25) is 9.55 Å². The Balaban J connectivity index is 2.21. The van der Waals surface area contributed by atoms with E-state index in [1.54, 1.807) is 18.3 Å². The summed E-state index contributed by atoms with van der Waals surface area (Å²) < 4.78 is 17.6. The molecule has 1 atom stereocenters. The Morgan fingerprint density at radius 2 is 1.79 bits per heavy atom. The predicted octanol–water partition coefficient (Wildman–Crippen LogP) is 2.00. The molecule has 28 heavy (non-hydrogen) atoms. The fourth-order valence-electron chi connectivity index (χ4n) is 3.16. The number of nitrogens with zero attached hydrogens (tertiary/aromatic N) is 3. The monoisotopic (exact) mass is 388 g/mol. The number of hydrogen-bond acceptors (Lipinski definition) is 7. The highest BCUT2D eigenvalue weighted by atomic mass is 16.5. The van der Waals surface area contributed by atoms with E-state index in [0.717, 1.165) is 0 Å². The molecule has 0 unspecified atom stereocenters. The van der Waals surface area contributed by atoms with Gasteiger partial charge in [0.15, 0.2) is 22.8 Å². The van der Waals surface area contributed by atoms with Crippen molar-refractivity contribution in [3.8, 4) is 28.5 Å². The van der Waals surface area contributed by atoms with E-state index in [0.29, 0.717) is 39.8 Å². The number of H-pyrrole nitrogens is 1. The van der Waals surface area contributed by atoms with E-state index in [-0.39, 0.29) is 18.2 Å². The fourth-order valence-corrected chi connectivity index (χ4v) is 3.16. The number of aromatic amines is 1. The van der Waals surface area contributed by atoms with Gasteiger partial charge in [0, 0.05) is 5.56 Å². The second-order valence-corrected chi connectivity index (χ2v) is 6.64. The highest BCUT2D eigenvalue weighted by Gasteiger charge is 2.22. The number of hydrogen-bond donors (Lipinski definition) is 2. The Labute approximate surface area is 161 Å². The minimum atomic E-state index is -0.411. The molecule has 3 aromatic rings. The number of fused-ring (bicyclic) bond motifs is 1. The van der Waals surface area contributed by atoms with Crippen LogP contribution in [0.4, 0.5) is 0 Å². The molecule has 0 aliphatic heterocycles. The van der Waals surface area contributed by atoms with Crippen molar-refractivity contribution in [1.29, 1.82) is 0 Å². The van der Waals surface area contributed by atoms with Crippen molar-refractivity contribution in [1.82, 2.24) is 19.5 Å². The van der Waals surface area contributed by atoms with Crippen molar-refractivity contribution in [2.75, 3.05) is 27.9 Å². The summed E-state index contributed by atoms with van der Waals surface area (Å²) >= 11 is 0. The quantitative estimate of drug-likeness (QED) is 0.637. The van der Waals surface area contributed by atoms with Crippen LogP contribution in [-0.2, 0) is 0 Å². The maximum absolute atomic E-state index is 12.4. The van der Waals surface area contributed by atoms with Crippen LogP contribution in [0.1, 0.15) is 19.9 Å². The highest BCUT2D eigenvalue weighted by Crippen LogP contribution is 2.40. The summed E-state index contributed by atoms with van der Waals surface area (Å²) in [6.45, 7) is 3.69. The van der Waals surface area contributed by atoms with Gasteiger partial charge in [-0.25, -0.2) is 14.8 Å². The Morgan fingerprint density at radius 3 is 2.29 bits per heavy atom. The molecule has 2 aromatic heterocycles. The average Bonchev–Trinajstić information content (AvgIpc) is 3.02. The summed E-state index contributed by atoms with van der Waals surface area (Å²) in [5.41, 5.74) is 1.60. The number of benzene rings is 1. The van der Waals surface area contributed by atoms with Crippen LogP contribution in [0.15, 0.2) is 23.1 Å². The normalized spacial score (nSPS) is 12.4. The zero-order chi connectivity index (χ0) is 20.4. The molecule has 0 aliphatic carbocycles. The molecular weight excluding hydrogens is 364 g/mol. The first-order valence-corrected chi connectivity index (χ1v) is 8.83. The van der Waals surface area contributed by atoms with Gasteiger partial charge in [0.25, 0.3) is 0 Å². The SMILES string of the molecule is COc1cc(-c2cnc3[nH]c(=O)n([C@@H](CO)C(C)C)c3n2)cc(OC)c1OC. The number of aliphatic hydroxyl groups is 1. The molecule has 0 saturated heterocycles. The van der Waals surface area contributed by atoms with Crippen LogP contribution in [0.25, 0.3) is 22.6 Å². The molecule has 0 fully saturated rings. The van der Waals surface area contributed by atoms with Crippen molar-refractivity contribution < 1.29 is 19.3 Å². The summed E-state index contributed by atoms with van der Waals surface area (Å²) in [6.07, 6.45) is 1.56. The molecule has 9 heteroatoms. The van der Waals surface area contributed by atoms with Crippen molar-refractivity contribution in [3.63, 3.8) is 0 Å². The number of rotatable bonds is 7. The van der Waals surface area contributed by atoms with Crippen LogP contribution < -0.4 is 19.9 Å². The first-order chi connectivity index (χ1) is 13.4. The predicted molar refractivity (Wildman–Crippen MR) is 104 cm³/mol. The van der Waals surface area contributed by atoms with Crippen LogP contribution >= 0.6 is 0 Å². The van der Waals surface area contributed by atoms with Gasteiger partial charge in [-0.2, -0.15) is 0 Å². The lowest BCUT2D eigenvalue weighted by molar-refractivity contribution is 0.193. The van der Waals surface area contributed by atoms with Gasteiger partial charge in [0.05, 0.1) is 45.9 Å². The van der Waals surface area contributed by atoms with E-state index in [2.05, 4.69) is 15.0 Å². The van der Waals surface area contributed by atoms with Gasteiger partial charge in [-0.15, -0.1) is 0 Å². The molecule has 0 radical (unpaired) electrons. The molecule has 1 aromatic carbocycles. The van der Waals surface area contributed by atoms with E-state index in [9.17, 15) is 9.90 Å². The van der Waals surface area contributed by atoms with Crippen LogP contribution in [0, 0.1) is 5.92 Å². The van der Waals surface area contributed by atoms with Gasteiger partial charge in [-0.05, 0) is 18.1 Å². The summed E-state index contributed by atoms with van der Waals surface area (Å²) in [4.78, 5) is 24.1. The third kappa shape index (κ3) is 3.29. The molecule has 3 rings (SSSR count). The largest absolute Gasteiger partial charge is 0.493 e. The summed E-state index contributed by atoms with van der Waals surface area (Å²) in [5.74, 6) is 1.48. The van der Waals surface area contributed by atoms with Crippen LogP contribution in [0.2, 0.25) is 0 Å². The Kier molecular flexibility index (Phi) is 5.55. The second kappa shape index (κ2) is 7.89. The highest BCUT2D eigenvalue weighted by molar-refractivity contribution is 5.73. The zero-order valence-corrected chi connectivity index (χ0v) is 16.5. The third-order valence-electron chi connectivity index (χ3n) is 4.68. The smallest absolute Gasteiger partial charge is 0.329 e. The maximum Gasteiger partial charge on any atom is 0.329 e. The number of ether oxygens (including phenoxy) is 3. The van der Waals surface area contributed by atoms with Gasteiger partial charge in [-0.1, -0.05) is 13.8 Å². The van der Waals surface area contributed by atoms with Gasteiger partial charge in [0.1, 0.15) is 0 Å². The first-order valence-electron chi connectivity index (χ1n) is 8.83. The molecular formula is C19H24N4O5. The van der Waals surface area contributed by atoms with Crippen molar-refractivity contribution in [2.24, 2.45) is 5.92 Å². The molecule has 0 spiro atoms. The number of nitrogens with one attached hydrogen (secondary N) is 1. The fraction of sp³-hybridized carbons (Fsp3) is 0.421. The third-order valence-corrected chi connectivity index (χ3v) is 4.68. The maximum atomic E-state index is 12.4. The van der Waals surface area contributed by atoms with Crippen LogP contribution in [0.3, 0.4) is 0 Å². The second-order valence-electron chi connectivity index (χ2n) is 6.64. The standard InChI is InChI=1S/C19H24N4O5/c1-10(2)13(9-24)23-18-17(22-19(23)25)20-8-12(21-18)11-6-14(26-3)16(28-5)15(7-11)27-4/h6-8,10,13,24H,9H2,1-5H3,(H,20,22,25)/t13-/m0/s1. The van der Waals surface area contributed by atoms with E-state index >= 15 is 0 Å².